The van der Waals surface area contributed by atoms with Crippen LogP contribution in [0.3, 0.4) is 0 Å². The number of pyridine rings is 3. The van der Waals surface area contributed by atoms with E-state index in [2.05, 4.69) is 25.6 Å². The van der Waals surface area contributed by atoms with Crippen LogP contribution < -0.4 is 10.6 Å². The van der Waals surface area contributed by atoms with Crippen LogP contribution in [0, 0.1) is 12.7 Å². The van der Waals surface area contributed by atoms with Crippen LogP contribution >= 0.6 is 0 Å². The number of alkyl carbamates (subject to hydrolysis) is 1. The number of carbonyl (C=O) groups excluding carboxylic acids is 2. The van der Waals surface area contributed by atoms with Crippen molar-refractivity contribution in [2.45, 2.75) is 44.6 Å². The first-order valence-corrected chi connectivity index (χ1v) is 17.3. The largest absolute Gasteiger partial charge is 0.444 e. The van der Waals surface area contributed by atoms with Gasteiger partial charge in [-0.05, 0) is 87.7 Å². The van der Waals surface area contributed by atoms with E-state index in [0.29, 0.717) is 33.9 Å². The fourth-order valence-electron chi connectivity index (χ4n) is 5.48. The molecule has 6 aromatic rings. The lowest BCUT2D eigenvalue weighted by atomic mass is 9.97. The maximum atomic E-state index is 15.8. The Balaban J connectivity index is 1.40. The van der Waals surface area contributed by atoms with Crippen molar-refractivity contribution in [3.8, 4) is 22.3 Å². The number of fused-ring (bicyclic) bond motifs is 2. The Hall–Kier alpha value is -5.69. The molecule has 13 heteroatoms. The molecule has 0 unspecified atom stereocenters. The molecule has 4 aromatic heterocycles. The minimum atomic E-state index is -4.15. The summed E-state index contributed by atoms with van der Waals surface area (Å²) in [4.78, 5) is 38.1. The number of aryl methyl sites for hydroxylation is 1. The van der Waals surface area contributed by atoms with Crippen molar-refractivity contribution in [2.24, 2.45) is 0 Å². The van der Waals surface area contributed by atoms with Crippen LogP contribution in [0.1, 0.15) is 43.1 Å². The second kappa shape index (κ2) is 13.7. The molecule has 0 radical (unpaired) electrons. The highest BCUT2D eigenvalue weighted by Crippen LogP contribution is 2.37. The van der Waals surface area contributed by atoms with E-state index in [9.17, 15) is 18.0 Å². The van der Waals surface area contributed by atoms with Gasteiger partial charge in [0.2, 0.25) is 0 Å². The van der Waals surface area contributed by atoms with Gasteiger partial charge in [0.1, 0.15) is 16.9 Å². The molecule has 0 spiro atoms. The maximum Gasteiger partial charge on any atom is 0.407 e. The van der Waals surface area contributed by atoms with Gasteiger partial charge in [-0.1, -0.05) is 23.8 Å². The van der Waals surface area contributed by atoms with Gasteiger partial charge >= 0.3 is 6.09 Å². The monoisotopic (exact) mass is 694 g/mol. The van der Waals surface area contributed by atoms with Crippen LogP contribution in [0.15, 0.2) is 96.5 Å². The number of aromatic nitrogens is 4. The third-order valence-electron chi connectivity index (χ3n) is 7.84. The zero-order valence-corrected chi connectivity index (χ0v) is 28.7. The van der Waals surface area contributed by atoms with Crippen LogP contribution in [0.5, 0.6) is 0 Å². The molecule has 0 saturated carbocycles. The molecular formula is C37H35FN6O5S. The van der Waals surface area contributed by atoms with E-state index in [1.165, 1.54) is 36.8 Å². The Labute approximate surface area is 288 Å². The van der Waals surface area contributed by atoms with Gasteiger partial charge in [-0.15, -0.1) is 0 Å². The Kier molecular flexibility index (Phi) is 9.35. The first-order valence-electron chi connectivity index (χ1n) is 15.9. The maximum absolute atomic E-state index is 15.8. The number of hydrogen-bond donors (Lipinski definition) is 2. The van der Waals surface area contributed by atoms with Gasteiger partial charge in [-0.3, -0.25) is 14.8 Å². The molecule has 4 heterocycles. The number of hydrogen-bond acceptors (Lipinski definition) is 8. The molecule has 6 rings (SSSR count). The molecule has 0 aliphatic heterocycles. The van der Waals surface area contributed by atoms with Gasteiger partial charge in [0.05, 0.1) is 10.5 Å². The second-order valence-corrected chi connectivity index (χ2v) is 14.6. The smallest absolute Gasteiger partial charge is 0.407 e. The molecule has 0 fully saturated rings. The predicted octanol–water partition coefficient (Wildman–Crippen LogP) is 6.64. The summed E-state index contributed by atoms with van der Waals surface area (Å²) in [5, 5.41) is 6.27. The lowest BCUT2D eigenvalue weighted by Crippen LogP contribution is -2.34. The molecular weight excluding hydrogens is 660 g/mol. The van der Waals surface area contributed by atoms with Gasteiger partial charge in [0.15, 0.2) is 5.65 Å². The highest BCUT2D eigenvalue weighted by molar-refractivity contribution is 7.90. The third kappa shape index (κ3) is 7.18. The summed E-state index contributed by atoms with van der Waals surface area (Å²) in [6.07, 6.45) is 7.41. The summed E-state index contributed by atoms with van der Waals surface area (Å²) in [5.74, 6) is -1.06. The van der Waals surface area contributed by atoms with Gasteiger partial charge in [0, 0.05) is 66.0 Å². The van der Waals surface area contributed by atoms with Gasteiger partial charge < -0.3 is 15.4 Å². The average molecular weight is 695 g/mol. The zero-order valence-electron chi connectivity index (χ0n) is 27.9. The molecule has 0 bridgehead atoms. The van der Waals surface area contributed by atoms with Gasteiger partial charge in [-0.25, -0.2) is 26.6 Å². The SMILES string of the molecule is Cc1ccc(S(=O)(=O)n2cc(-c3cc(F)c4nccc(-c5cccnc5)c4c3)c3cc(C(=O)NCCCNC(=O)OC(C)(C)C)cnc32)cc1. The van der Waals surface area contributed by atoms with Crippen LogP contribution in [-0.2, 0) is 14.8 Å². The van der Waals surface area contributed by atoms with E-state index < -0.39 is 33.4 Å². The number of ether oxygens (including phenoxy) is 1. The standard InChI is InChI=1S/C37H35FN6O5S/c1-23-8-10-27(11-9-23)50(47,48)44-22-31(25-17-29-28(24-7-5-13-39-20-24)12-16-40-33(29)32(38)19-25)30-18-26(21-43-34(30)44)35(45)41-14-6-15-42-36(46)49-37(2,3)4/h5,7-13,16-22H,6,14-15H2,1-4H3,(H,41,45)(H,42,46). The molecule has 0 atom stereocenters. The van der Waals surface area contributed by atoms with Gasteiger partial charge in [0.25, 0.3) is 15.9 Å². The Morgan fingerprint density at radius 1 is 0.880 bits per heavy atom. The zero-order chi connectivity index (χ0) is 35.6. The van der Waals surface area contributed by atoms with Crippen LogP contribution in [0.25, 0.3) is 44.2 Å². The van der Waals surface area contributed by atoms with Crippen LogP contribution in [0.2, 0.25) is 0 Å². The summed E-state index contributed by atoms with van der Waals surface area (Å²) in [7, 11) is -4.15. The van der Waals surface area contributed by atoms with Crippen LogP contribution in [-0.4, -0.2) is 58.0 Å². The van der Waals surface area contributed by atoms with E-state index in [1.54, 1.807) is 69.6 Å². The number of benzene rings is 2. The predicted molar refractivity (Wildman–Crippen MR) is 189 cm³/mol. The van der Waals surface area contributed by atoms with E-state index in [1.807, 2.05) is 13.0 Å². The quantitative estimate of drug-likeness (QED) is 0.160. The van der Waals surface area contributed by atoms with Crippen molar-refractivity contribution in [2.75, 3.05) is 13.1 Å². The topological polar surface area (TPSA) is 145 Å². The summed E-state index contributed by atoms with van der Waals surface area (Å²) < 4.78 is 50.0. The van der Waals surface area contributed by atoms with Crippen molar-refractivity contribution in [3.63, 3.8) is 0 Å². The highest BCUT2D eigenvalue weighted by atomic mass is 32.2. The molecule has 50 heavy (non-hydrogen) atoms. The lowest BCUT2D eigenvalue weighted by Gasteiger charge is -2.19. The van der Waals surface area contributed by atoms with E-state index >= 15 is 4.39 Å². The first kappa shape index (κ1) is 34.2. The molecule has 0 aliphatic carbocycles. The highest BCUT2D eigenvalue weighted by Gasteiger charge is 2.25. The fourth-order valence-corrected chi connectivity index (χ4v) is 6.80. The molecule has 2 N–H and O–H groups in total. The first-order chi connectivity index (χ1) is 23.8. The van der Waals surface area contributed by atoms with E-state index in [-0.39, 0.29) is 34.7 Å². The minimum absolute atomic E-state index is 0.0444. The summed E-state index contributed by atoms with van der Waals surface area (Å²) in [6, 6.07) is 16.4. The Morgan fingerprint density at radius 2 is 1.64 bits per heavy atom. The number of nitrogens with one attached hydrogen (secondary N) is 2. The van der Waals surface area contributed by atoms with E-state index in [0.717, 1.165) is 15.1 Å². The number of nitrogens with zero attached hydrogens (tertiary/aromatic N) is 4. The number of amides is 2. The number of halogens is 1. The molecule has 2 amide bonds. The normalized spacial score (nSPS) is 11.9. The van der Waals surface area contributed by atoms with Crippen molar-refractivity contribution in [3.05, 3.63) is 109 Å². The Morgan fingerprint density at radius 3 is 2.36 bits per heavy atom. The molecule has 0 saturated heterocycles. The Bertz CT molecular complexity index is 2340. The van der Waals surface area contributed by atoms with Gasteiger partial charge in [-0.2, -0.15) is 0 Å². The summed E-state index contributed by atoms with van der Waals surface area (Å²) in [6.45, 7) is 7.67. The van der Waals surface area contributed by atoms with Crippen molar-refractivity contribution in [1.82, 2.24) is 29.6 Å². The minimum Gasteiger partial charge on any atom is -0.444 e. The van der Waals surface area contributed by atoms with Crippen molar-refractivity contribution < 1.29 is 27.1 Å². The van der Waals surface area contributed by atoms with E-state index in [4.69, 9.17) is 4.74 Å². The average Bonchev–Trinajstić information content (AvgIpc) is 3.47. The number of carbonyl (C=O) groups is 2. The van der Waals surface area contributed by atoms with Crippen molar-refractivity contribution >= 4 is 44.0 Å². The molecule has 2 aromatic carbocycles. The fraction of sp³-hybridized carbons (Fsp3) is 0.216. The summed E-state index contributed by atoms with van der Waals surface area (Å²) >= 11 is 0. The lowest BCUT2D eigenvalue weighted by molar-refractivity contribution is 0.0527. The third-order valence-corrected chi connectivity index (χ3v) is 9.51. The number of rotatable bonds is 9. The molecule has 256 valence electrons. The van der Waals surface area contributed by atoms with Crippen molar-refractivity contribution in [1.29, 1.82) is 0 Å². The molecule has 0 aliphatic rings. The summed E-state index contributed by atoms with van der Waals surface area (Å²) in [5.41, 5.74) is 2.80. The second-order valence-electron chi connectivity index (χ2n) is 12.7. The van der Waals surface area contributed by atoms with Crippen LogP contribution in [0.4, 0.5) is 9.18 Å². The molecule has 11 nitrogen and oxygen atoms in total.